The van der Waals surface area contributed by atoms with E-state index < -0.39 is 5.92 Å². The third-order valence-corrected chi connectivity index (χ3v) is 5.79. The largest absolute Gasteiger partial charge is 0.361 e. The molecule has 1 atom stereocenters. The molecule has 1 N–H and O–H groups in total. The molecular weight excluding hydrogens is 364 g/mol. The summed E-state index contributed by atoms with van der Waals surface area (Å²) in [7, 11) is 1.94. The molecule has 2 aliphatic rings. The van der Waals surface area contributed by atoms with E-state index in [1.54, 1.807) is 10.9 Å². The normalized spacial score (nSPS) is 21.2. The second-order valence-corrected chi connectivity index (χ2v) is 7.86. The fourth-order valence-electron chi connectivity index (χ4n) is 4.08. The summed E-state index contributed by atoms with van der Waals surface area (Å²) in [5.41, 5.74) is 4.52. The molecule has 150 valence electrons. The molecule has 0 aromatic carbocycles. The molecule has 1 saturated carbocycles. The highest BCUT2D eigenvalue weighted by Crippen LogP contribution is 2.45. The van der Waals surface area contributed by atoms with Crippen molar-refractivity contribution in [3.05, 3.63) is 35.4 Å². The number of anilines is 2. The Hall–Kier alpha value is -2.51. The predicted octanol–water partition coefficient (Wildman–Crippen LogP) is 3.51. The maximum absolute atomic E-state index is 13.1. The summed E-state index contributed by atoms with van der Waals surface area (Å²) < 4.78 is 27.8. The van der Waals surface area contributed by atoms with Gasteiger partial charge in [0.25, 0.3) is 5.92 Å². The molecule has 0 saturated heterocycles. The summed E-state index contributed by atoms with van der Waals surface area (Å²) in [5.74, 6) is -2.54. The van der Waals surface area contributed by atoms with E-state index in [4.69, 9.17) is 0 Å². The zero-order valence-corrected chi connectivity index (χ0v) is 16.4. The van der Waals surface area contributed by atoms with Gasteiger partial charge in [-0.1, -0.05) is 6.92 Å². The van der Waals surface area contributed by atoms with E-state index in [0.29, 0.717) is 0 Å². The van der Waals surface area contributed by atoms with Crippen molar-refractivity contribution in [2.24, 2.45) is 0 Å². The standard InChI is InChI=1S/C20H25F2N5O/c1-4-16-19(28)25-18-12(2)24-14(7-17(18)26(16)3)6-5-13-10-23-27(11-13)15-8-20(21,22)9-15/h7,10-11,15-16H,4-6,8-9H2,1-3H3,(H,25,28)/t16-/m0/s1. The van der Waals surface area contributed by atoms with Gasteiger partial charge in [0.1, 0.15) is 6.04 Å². The Bertz CT molecular complexity index is 902. The number of halogens is 2. The maximum Gasteiger partial charge on any atom is 0.252 e. The molecule has 0 radical (unpaired) electrons. The highest BCUT2D eigenvalue weighted by molar-refractivity contribution is 6.04. The van der Waals surface area contributed by atoms with Gasteiger partial charge in [0.05, 0.1) is 29.3 Å². The molecule has 0 spiro atoms. The number of pyridine rings is 1. The van der Waals surface area contributed by atoms with Gasteiger partial charge >= 0.3 is 0 Å². The van der Waals surface area contributed by atoms with Crippen LogP contribution in [0, 0.1) is 6.92 Å². The number of amides is 1. The molecule has 4 rings (SSSR count). The van der Waals surface area contributed by atoms with Crippen molar-refractivity contribution < 1.29 is 13.6 Å². The van der Waals surface area contributed by atoms with Crippen LogP contribution in [0.2, 0.25) is 0 Å². The van der Waals surface area contributed by atoms with Crippen LogP contribution in [-0.4, -0.2) is 39.7 Å². The van der Waals surface area contributed by atoms with Gasteiger partial charge in [-0.2, -0.15) is 5.10 Å². The van der Waals surface area contributed by atoms with Gasteiger partial charge in [-0.15, -0.1) is 0 Å². The van der Waals surface area contributed by atoms with Crippen molar-refractivity contribution >= 4 is 17.3 Å². The number of fused-ring (bicyclic) bond motifs is 1. The number of carbonyl (C=O) groups excluding carboxylic acids is 1. The minimum atomic E-state index is -2.54. The predicted molar refractivity (Wildman–Crippen MR) is 103 cm³/mol. The van der Waals surface area contributed by atoms with Gasteiger partial charge in [-0.3, -0.25) is 14.5 Å². The van der Waals surface area contributed by atoms with E-state index in [2.05, 4.69) is 15.4 Å². The third kappa shape index (κ3) is 3.36. The van der Waals surface area contributed by atoms with Gasteiger partial charge in [0.15, 0.2) is 0 Å². The van der Waals surface area contributed by atoms with Crippen LogP contribution in [0.15, 0.2) is 18.5 Å². The van der Waals surface area contributed by atoms with Crippen LogP contribution in [-0.2, 0) is 17.6 Å². The number of alkyl halides is 2. The number of carbonyl (C=O) groups is 1. The summed E-state index contributed by atoms with van der Waals surface area (Å²) in [6.07, 6.45) is 5.55. The number of likely N-dealkylation sites (N-methyl/N-ethyl adjacent to an activating group) is 1. The van der Waals surface area contributed by atoms with Crippen LogP contribution in [0.1, 0.15) is 49.2 Å². The summed E-state index contributed by atoms with van der Waals surface area (Å²) >= 11 is 0. The van der Waals surface area contributed by atoms with Crippen LogP contribution >= 0.6 is 0 Å². The molecule has 6 nitrogen and oxygen atoms in total. The van der Waals surface area contributed by atoms with Crippen molar-refractivity contribution in [3.63, 3.8) is 0 Å². The molecule has 28 heavy (non-hydrogen) atoms. The smallest absolute Gasteiger partial charge is 0.252 e. The number of aryl methyl sites for hydroxylation is 3. The van der Waals surface area contributed by atoms with Crippen LogP contribution in [0.4, 0.5) is 20.2 Å². The van der Waals surface area contributed by atoms with Gasteiger partial charge in [-0.25, -0.2) is 8.78 Å². The second-order valence-electron chi connectivity index (χ2n) is 7.86. The second kappa shape index (κ2) is 6.83. The fourth-order valence-corrected chi connectivity index (χ4v) is 4.08. The quantitative estimate of drug-likeness (QED) is 0.850. The molecule has 1 aliphatic carbocycles. The lowest BCUT2D eigenvalue weighted by Crippen LogP contribution is -2.46. The third-order valence-electron chi connectivity index (χ3n) is 5.79. The molecule has 2 aromatic heterocycles. The van der Waals surface area contributed by atoms with E-state index >= 15 is 0 Å². The number of nitrogens with zero attached hydrogens (tertiary/aromatic N) is 4. The van der Waals surface area contributed by atoms with Gasteiger partial charge < -0.3 is 10.2 Å². The molecule has 0 bridgehead atoms. The van der Waals surface area contributed by atoms with E-state index in [1.165, 1.54) is 0 Å². The van der Waals surface area contributed by atoms with E-state index in [0.717, 1.165) is 47.6 Å². The molecular formula is C20H25F2N5O. The van der Waals surface area contributed by atoms with Crippen molar-refractivity contribution in [2.45, 2.75) is 64.0 Å². The Balaban J connectivity index is 1.46. The van der Waals surface area contributed by atoms with Crippen molar-refractivity contribution in [3.8, 4) is 0 Å². The number of hydrogen-bond donors (Lipinski definition) is 1. The monoisotopic (exact) mass is 389 g/mol. The lowest BCUT2D eigenvalue weighted by Gasteiger charge is -2.35. The zero-order valence-electron chi connectivity index (χ0n) is 16.4. The lowest BCUT2D eigenvalue weighted by molar-refractivity contribution is -0.117. The first-order valence-electron chi connectivity index (χ1n) is 9.72. The Morgan fingerprint density at radius 2 is 2.07 bits per heavy atom. The SMILES string of the molecule is CC[C@H]1C(=O)Nc2c(cc(CCc3cnn(C4CC(F)(F)C4)c3)nc2C)N1C. The lowest BCUT2D eigenvalue weighted by atomic mass is 9.88. The highest BCUT2D eigenvalue weighted by Gasteiger charge is 2.46. The number of nitrogens with one attached hydrogen (secondary N) is 1. The highest BCUT2D eigenvalue weighted by atomic mass is 19.3. The average Bonchev–Trinajstić information content (AvgIpc) is 3.08. The molecule has 8 heteroatoms. The molecule has 3 heterocycles. The number of rotatable bonds is 5. The summed E-state index contributed by atoms with van der Waals surface area (Å²) in [6, 6.07) is 1.65. The van der Waals surface area contributed by atoms with Crippen LogP contribution in [0.3, 0.4) is 0 Å². The summed E-state index contributed by atoms with van der Waals surface area (Å²) in [5, 5.41) is 7.23. The van der Waals surface area contributed by atoms with Crippen molar-refractivity contribution in [1.82, 2.24) is 14.8 Å². The van der Waals surface area contributed by atoms with E-state index in [1.807, 2.05) is 38.1 Å². The number of hydrogen-bond acceptors (Lipinski definition) is 4. The first-order valence-corrected chi connectivity index (χ1v) is 9.72. The fraction of sp³-hybridized carbons (Fsp3) is 0.550. The molecule has 0 unspecified atom stereocenters. The molecule has 1 fully saturated rings. The first-order chi connectivity index (χ1) is 13.3. The van der Waals surface area contributed by atoms with Crippen LogP contribution in [0.5, 0.6) is 0 Å². The Kier molecular flexibility index (Phi) is 4.59. The zero-order chi connectivity index (χ0) is 20.1. The summed E-state index contributed by atoms with van der Waals surface area (Å²) in [4.78, 5) is 18.9. The van der Waals surface area contributed by atoms with Gasteiger partial charge in [-0.05, 0) is 37.8 Å². The summed E-state index contributed by atoms with van der Waals surface area (Å²) in [6.45, 7) is 3.90. The molecule has 2 aromatic rings. The van der Waals surface area contributed by atoms with E-state index in [-0.39, 0.29) is 30.8 Å². The van der Waals surface area contributed by atoms with Crippen molar-refractivity contribution in [2.75, 3.05) is 17.3 Å². The van der Waals surface area contributed by atoms with Gasteiger partial charge in [0, 0.05) is 31.8 Å². The Labute approximate surface area is 162 Å². The minimum Gasteiger partial charge on any atom is -0.361 e. The first kappa shape index (κ1) is 18.8. The Morgan fingerprint density at radius 1 is 1.32 bits per heavy atom. The van der Waals surface area contributed by atoms with E-state index in [9.17, 15) is 13.6 Å². The average molecular weight is 389 g/mol. The Morgan fingerprint density at radius 3 is 2.75 bits per heavy atom. The van der Waals surface area contributed by atoms with Gasteiger partial charge in [0.2, 0.25) is 5.91 Å². The van der Waals surface area contributed by atoms with Crippen LogP contribution < -0.4 is 10.2 Å². The topological polar surface area (TPSA) is 63.1 Å². The van der Waals surface area contributed by atoms with Crippen LogP contribution in [0.25, 0.3) is 0 Å². The minimum absolute atomic E-state index is 0.00383. The molecule has 1 amide bonds. The number of aromatic nitrogens is 3. The molecule has 1 aliphatic heterocycles. The van der Waals surface area contributed by atoms with Crippen molar-refractivity contribution in [1.29, 1.82) is 0 Å². The maximum atomic E-state index is 13.1.